The lowest BCUT2D eigenvalue weighted by molar-refractivity contribution is 0.402. The predicted octanol–water partition coefficient (Wildman–Crippen LogP) is 2.26. The molecular weight excluding hydrogens is 140 g/mol. The molecule has 0 spiro atoms. The largest absolute Gasteiger partial charge is 0.373 e. The molecule has 1 unspecified atom stereocenters. The zero-order valence-corrected chi connectivity index (χ0v) is 7.73. The molecule has 2 fully saturated rings. The second-order valence-electron chi connectivity index (χ2n) is 4.16. The fourth-order valence-corrected chi connectivity index (χ4v) is 4.85. The molecule has 0 aliphatic carbocycles. The lowest BCUT2D eigenvalue weighted by atomic mass is 10.4. The van der Waals surface area contributed by atoms with Gasteiger partial charge in [0.25, 0.3) is 0 Å². The molecule has 2 saturated heterocycles. The minimum Gasteiger partial charge on any atom is -0.373 e. The van der Waals surface area contributed by atoms with Crippen LogP contribution in [-0.2, 0) is 4.74 Å². The summed E-state index contributed by atoms with van der Waals surface area (Å²) in [4.78, 5) is 0. The summed E-state index contributed by atoms with van der Waals surface area (Å²) in [6, 6.07) is 4.73. The summed E-state index contributed by atoms with van der Waals surface area (Å²) in [5, 5.41) is 0. The van der Waals surface area contributed by atoms with Crippen molar-refractivity contribution in [2.24, 2.45) is 0 Å². The minimum absolute atomic E-state index is 0.599. The summed E-state index contributed by atoms with van der Waals surface area (Å²) in [6.45, 7) is 3.61. The first-order chi connectivity index (χ1) is 4.79. The molecule has 1 nitrogen and oxygen atoms in total. The van der Waals surface area contributed by atoms with E-state index in [2.05, 4.69) is 6.55 Å². The van der Waals surface area contributed by atoms with Crippen molar-refractivity contribution in [3.63, 3.8) is 0 Å². The maximum absolute atomic E-state index is 5.19. The Hall–Kier alpha value is 0.177. The van der Waals surface area contributed by atoms with Gasteiger partial charge in [0.15, 0.2) is 0 Å². The smallest absolute Gasteiger partial charge is 0.0807 e. The molecule has 2 heterocycles. The Balaban J connectivity index is 1.67. The van der Waals surface area contributed by atoms with Crippen molar-refractivity contribution >= 4 is 8.07 Å². The number of ether oxygens (including phenoxy) is 1. The molecule has 0 aromatic rings. The van der Waals surface area contributed by atoms with Gasteiger partial charge in [-0.15, -0.1) is 0 Å². The summed E-state index contributed by atoms with van der Waals surface area (Å²) in [6.07, 6.45) is 3.58. The summed E-state index contributed by atoms with van der Waals surface area (Å²) in [5.74, 6) is 0. The summed E-state index contributed by atoms with van der Waals surface area (Å²) >= 11 is 0. The zero-order valence-electron chi connectivity index (χ0n) is 6.73. The molecular formula is C8H16OSi. The molecule has 2 rings (SSSR count). The van der Waals surface area contributed by atoms with Crippen LogP contribution in [0.4, 0.5) is 0 Å². The maximum atomic E-state index is 5.19. The third-order valence-electron chi connectivity index (χ3n) is 3.03. The van der Waals surface area contributed by atoms with Crippen molar-refractivity contribution in [3.8, 4) is 0 Å². The molecule has 1 atom stereocenters. The van der Waals surface area contributed by atoms with Gasteiger partial charge in [-0.2, -0.15) is 0 Å². The molecule has 0 saturated carbocycles. The quantitative estimate of drug-likeness (QED) is 0.451. The van der Waals surface area contributed by atoms with Gasteiger partial charge >= 0.3 is 0 Å². The van der Waals surface area contributed by atoms with Gasteiger partial charge in [-0.05, 0) is 6.42 Å². The third kappa shape index (κ3) is 1.43. The molecule has 0 bridgehead atoms. The van der Waals surface area contributed by atoms with Crippen LogP contribution in [0.25, 0.3) is 0 Å². The fraction of sp³-hybridized carbons (Fsp3) is 1.00. The molecule has 58 valence electrons. The van der Waals surface area contributed by atoms with Crippen molar-refractivity contribution < 1.29 is 4.74 Å². The molecule has 0 radical (unpaired) electrons. The maximum Gasteiger partial charge on any atom is 0.0807 e. The van der Waals surface area contributed by atoms with Crippen LogP contribution in [-0.4, -0.2) is 20.8 Å². The molecule has 10 heavy (non-hydrogen) atoms. The Labute approximate surface area is 63.8 Å². The van der Waals surface area contributed by atoms with Crippen molar-refractivity contribution in [3.05, 3.63) is 0 Å². The molecule has 0 amide bonds. The van der Waals surface area contributed by atoms with E-state index in [9.17, 15) is 0 Å². The highest BCUT2D eigenvalue weighted by Crippen LogP contribution is 2.37. The average molecular weight is 156 g/mol. The highest BCUT2D eigenvalue weighted by atomic mass is 28.3. The molecule has 0 aromatic heterocycles. The Morgan fingerprint density at radius 1 is 1.50 bits per heavy atom. The summed E-state index contributed by atoms with van der Waals surface area (Å²) in [5.41, 5.74) is 0. The Morgan fingerprint density at radius 2 is 2.20 bits per heavy atom. The monoisotopic (exact) mass is 156 g/mol. The van der Waals surface area contributed by atoms with Crippen molar-refractivity contribution in [1.29, 1.82) is 0 Å². The number of hydrogen-bond acceptors (Lipinski definition) is 1. The van der Waals surface area contributed by atoms with Gasteiger partial charge in [0.2, 0.25) is 0 Å². The van der Waals surface area contributed by atoms with Crippen LogP contribution >= 0.6 is 0 Å². The van der Waals surface area contributed by atoms with Gasteiger partial charge in [0.1, 0.15) is 0 Å². The number of rotatable bonds is 3. The van der Waals surface area contributed by atoms with Crippen molar-refractivity contribution in [2.45, 2.75) is 43.6 Å². The molecule has 2 aliphatic heterocycles. The first kappa shape index (κ1) is 6.86. The molecule has 0 N–H and O–H groups in total. The van der Waals surface area contributed by atoms with Gasteiger partial charge in [-0.3, -0.25) is 0 Å². The van der Waals surface area contributed by atoms with Gasteiger partial charge in [0.05, 0.1) is 20.8 Å². The van der Waals surface area contributed by atoms with Crippen LogP contribution < -0.4 is 0 Å². The van der Waals surface area contributed by atoms with E-state index in [1.54, 1.807) is 12.1 Å². The lowest BCUT2D eigenvalue weighted by Crippen LogP contribution is -2.37. The van der Waals surface area contributed by atoms with Gasteiger partial charge in [0, 0.05) is 0 Å². The normalized spacial score (nSPS) is 35.1. The third-order valence-corrected chi connectivity index (χ3v) is 7.65. The topological polar surface area (TPSA) is 12.5 Å². The van der Waals surface area contributed by atoms with Crippen LogP contribution in [0, 0.1) is 0 Å². The van der Waals surface area contributed by atoms with Gasteiger partial charge in [-0.25, -0.2) is 0 Å². The first-order valence-electron chi connectivity index (χ1n) is 4.40. The Kier molecular flexibility index (Phi) is 1.61. The van der Waals surface area contributed by atoms with Crippen LogP contribution in [0.15, 0.2) is 0 Å². The van der Waals surface area contributed by atoms with Crippen LogP contribution in [0.1, 0.15) is 12.8 Å². The molecule has 2 heteroatoms. The predicted molar refractivity (Wildman–Crippen MR) is 45.0 cm³/mol. The second-order valence-corrected chi connectivity index (χ2v) is 9.28. The SMILES string of the molecule is C[Si]1(CCC2CO2)CCC1. The number of epoxide rings is 1. The Morgan fingerprint density at radius 3 is 2.60 bits per heavy atom. The summed E-state index contributed by atoms with van der Waals surface area (Å²) < 4.78 is 5.19. The van der Waals surface area contributed by atoms with E-state index in [4.69, 9.17) is 4.74 Å². The first-order valence-corrected chi connectivity index (χ1v) is 7.52. The number of hydrogen-bond donors (Lipinski definition) is 0. The highest BCUT2D eigenvalue weighted by molar-refractivity contribution is 6.81. The van der Waals surface area contributed by atoms with E-state index >= 15 is 0 Å². The van der Waals surface area contributed by atoms with E-state index in [1.165, 1.54) is 18.9 Å². The van der Waals surface area contributed by atoms with Crippen LogP contribution in [0.5, 0.6) is 0 Å². The van der Waals surface area contributed by atoms with Gasteiger partial charge < -0.3 is 4.74 Å². The van der Waals surface area contributed by atoms with Crippen LogP contribution in [0.3, 0.4) is 0 Å². The van der Waals surface area contributed by atoms with Crippen molar-refractivity contribution in [2.75, 3.05) is 6.61 Å². The molecule has 0 aromatic carbocycles. The minimum atomic E-state index is -0.599. The highest BCUT2D eigenvalue weighted by Gasteiger charge is 2.35. The van der Waals surface area contributed by atoms with Crippen LogP contribution in [0.2, 0.25) is 24.7 Å². The van der Waals surface area contributed by atoms with E-state index in [0.29, 0.717) is 6.10 Å². The van der Waals surface area contributed by atoms with Crippen molar-refractivity contribution in [1.82, 2.24) is 0 Å². The lowest BCUT2D eigenvalue weighted by Gasteiger charge is -2.36. The van der Waals surface area contributed by atoms with E-state index in [0.717, 1.165) is 6.61 Å². The van der Waals surface area contributed by atoms with Gasteiger partial charge in [-0.1, -0.05) is 31.1 Å². The standard InChI is InChI=1S/C8H16OSi/c1-10(4-2-5-10)6-3-8-7-9-8/h8H,2-7H2,1H3. The fourth-order valence-electron chi connectivity index (χ4n) is 1.77. The van der Waals surface area contributed by atoms with E-state index in [1.807, 2.05) is 0 Å². The van der Waals surface area contributed by atoms with E-state index in [-0.39, 0.29) is 0 Å². The molecule has 2 aliphatic rings. The Bertz CT molecular complexity index is 127. The second kappa shape index (κ2) is 2.34. The zero-order chi connectivity index (χ0) is 7.03. The van der Waals surface area contributed by atoms with E-state index < -0.39 is 8.07 Å². The summed E-state index contributed by atoms with van der Waals surface area (Å²) in [7, 11) is -0.599. The average Bonchev–Trinajstić information content (AvgIpc) is 2.61.